The summed E-state index contributed by atoms with van der Waals surface area (Å²) < 4.78 is 0. The van der Waals surface area contributed by atoms with Crippen molar-refractivity contribution in [3.63, 3.8) is 0 Å². The van der Waals surface area contributed by atoms with Crippen LogP contribution in [0.25, 0.3) is 0 Å². The molecular weight excluding hydrogens is 318 g/mol. The van der Waals surface area contributed by atoms with E-state index in [0.717, 1.165) is 37.8 Å². The van der Waals surface area contributed by atoms with Crippen molar-refractivity contribution < 1.29 is 15.0 Å². The fourth-order valence-corrected chi connectivity index (χ4v) is 6.63. The minimum Gasteiger partial charge on any atom is -0.478 e. The van der Waals surface area contributed by atoms with Crippen molar-refractivity contribution in [2.75, 3.05) is 13.6 Å². The maximum absolute atomic E-state index is 11.9. The lowest BCUT2D eigenvalue weighted by atomic mass is 9.49. The summed E-state index contributed by atoms with van der Waals surface area (Å²) in [6.07, 6.45) is 7.75. The number of aliphatic hydroxyl groups is 1. The molecular formula is C19H27N3O3. The smallest absolute Gasteiger partial charge is 0.334 e. The number of hydrogen-bond acceptors (Lipinski definition) is 3. The van der Waals surface area contributed by atoms with Crippen LogP contribution in [0, 0.1) is 22.7 Å². The molecule has 0 aromatic rings. The van der Waals surface area contributed by atoms with Crippen LogP contribution in [0.15, 0.2) is 28.4 Å². The lowest BCUT2D eigenvalue weighted by Crippen LogP contribution is -2.57. The molecule has 2 spiro atoms. The summed E-state index contributed by atoms with van der Waals surface area (Å²) in [4.78, 5) is 18.0. The predicted octanol–water partition coefficient (Wildman–Crippen LogP) is 1.72. The number of carboxylic acids is 1. The van der Waals surface area contributed by atoms with Gasteiger partial charge in [0.15, 0.2) is 5.96 Å². The number of rotatable bonds is 1. The van der Waals surface area contributed by atoms with Crippen LogP contribution in [-0.4, -0.2) is 46.7 Å². The van der Waals surface area contributed by atoms with Crippen molar-refractivity contribution in [1.82, 2.24) is 4.90 Å². The number of hydrogen-bond donors (Lipinski definition) is 3. The van der Waals surface area contributed by atoms with Gasteiger partial charge in [-0.2, -0.15) is 0 Å². The second-order valence-corrected chi connectivity index (χ2v) is 8.22. The van der Waals surface area contributed by atoms with E-state index in [1.165, 1.54) is 0 Å². The first-order valence-corrected chi connectivity index (χ1v) is 9.18. The fourth-order valence-electron chi connectivity index (χ4n) is 6.63. The Labute approximate surface area is 148 Å². The van der Waals surface area contributed by atoms with E-state index in [2.05, 4.69) is 18.0 Å². The average Bonchev–Trinajstić information content (AvgIpc) is 2.95. The molecule has 25 heavy (non-hydrogen) atoms. The van der Waals surface area contributed by atoms with Gasteiger partial charge in [-0.25, -0.2) is 4.79 Å². The van der Waals surface area contributed by atoms with Crippen LogP contribution in [0.4, 0.5) is 0 Å². The molecule has 2 fully saturated rings. The lowest BCUT2D eigenvalue weighted by molar-refractivity contribution is -0.133. The zero-order valence-corrected chi connectivity index (χ0v) is 14.9. The zero-order valence-electron chi connectivity index (χ0n) is 14.9. The highest BCUT2D eigenvalue weighted by atomic mass is 16.4. The summed E-state index contributed by atoms with van der Waals surface area (Å²) in [5.41, 5.74) is 7.08. The highest BCUT2D eigenvalue weighted by molar-refractivity contribution is 5.90. The Morgan fingerprint density at radius 3 is 2.88 bits per heavy atom. The molecule has 2 bridgehead atoms. The normalized spacial score (nSPS) is 43.1. The van der Waals surface area contributed by atoms with Crippen molar-refractivity contribution in [2.24, 2.45) is 33.4 Å². The first-order valence-electron chi connectivity index (χ1n) is 9.18. The number of nitrogens with zero attached hydrogens (tertiary/aromatic N) is 2. The monoisotopic (exact) mass is 345 g/mol. The molecule has 4 N–H and O–H groups in total. The predicted molar refractivity (Wildman–Crippen MR) is 94.7 cm³/mol. The number of guanidine groups is 1. The number of aliphatic hydroxyl groups excluding tert-OH is 1. The Hall–Kier alpha value is -1.82. The van der Waals surface area contributed by atoms with Crippen molar-refractivity contribution in [3.8, 4) is 0 Å². The molecule has 0 radical (unpaired) electrons. The van der Waals surface area contributed by atoms with E-state index >= 15 is 0 Å². The second kappa shape index (κ2) is 5.34. The fraction of sp³-hybridized carbons (Fsp3) is 0.684. The number of nitrogens with two attached hydrogens (primary N) is 1. The van der Waals surface area contributed by atoms with Crippen LogP contribution in [-0.2, 0) is 4.79 Å². The van der Waals surface area contributed by atoms with E-state index in [9.17, 15) is 15.0 Å². The Bertz CT molecular complexity index is 713. The number of aliphatic carboxylic acids is 1. The van der Waals surface area contributed by atoms with Gasteiger partial charge in [0.25, 0.3) is 0 Å². The Morgan fingerprint density at radius 1 is 1.44 bits per heavy atom. The molecule has 2 saturated carbocycles. The summed E-state index contributed by atoms with van der Waals surface area (Å²) in [7, 11) is 1.69. The second-order valence-electron chi connectivity index (χ2n) is 8.22. The van der Waals surface area contributed by atoms with Crippen molar-refractivity contribution in [1.29, 1.82) is 0 Å². The molecule has 5 atom stereocenters. The number of carbonyl (C=O) groups is 1. The van der Waals surface area contributed by atoms with E-state index in [0.29, 0.717) is 24.2 Å². The van der Waals surface area contributed by atoms with E-state index in [1.807, 2.05) is 11.1 Å². The van der Waals surface area contributed by atoms with Crippen LogP contribution < -0.4 is 5.73 Å². The molecule has 0 amide bonds. The van der Waals surface area contributed by atoms with Crippen LogP contribution in [0.3, 0.4) is 0 Å². The molecule has 4 aliphatic rings. The molecule has 1 heterocycles. The SMILES string of the molecule is CN=C(N)N1C=CCC2(C1)C1CCC(C)C23CC(O)C(C(=O)O)=C3C1. The third-order valence-corrected chi connectivity index (χ3v) is 7.60. The minimum absolute atomic E-state index is 0.0672. The van der Waals surface area contributed by atoms with Gasteiger partial charge in [0.05, 0.1) is 11.7 Å². The van der Waals surface area contributed by atoms with Gasteiger partial charge < -0.3 is 20.8 Å². The Kier molecular flexibility index (Phi) is 3.55. The maximum Gasteiger partial charge on any atom is 0.334 e. The van der Waals surface area contributed by atoms with Gasteiger partial charge in [0.1, 0.15) is 0 Å². The minimum atomic E-state index is -0.952. The highest BCUT2D eigenvalue weighted by Gasteiger charge is 2.70. The third-order valence-electron chi connectivity index (χ3n) is 7.60. The van der Waals surface area contributed by atoms with Crippen molar-refractivity contribution in [2.45, 2.75) is 45.1 Å². The quantitative estimate of drug-likeness (QED) is 0.496. The van der Waals surface area contributed by atoms with Crippen molar-refractivity contribution in [3.05, 3.63) is 23.4 Å². The molecule has 6 heteroatoms. The van der Waals surface area contributed by atoms with E-state index in [-0.39, 0.29) is 16.4 Å². The average molecular weight is 345 g/mol. The summed E-state index contributed by atoms with van der Waals surface area (Å²) >= 11 is 0. The Morgan fingerprint density at radius 2 is 2.20 bits per heavy atom. The first kappa shape index (κ1) is 16.6. The lowest BCUT2D eigenvalue weighted by Gasteiger charge is -2.57. The standard InChI is InChI=1S/C19H27N3O3/c1-11-4-5-12-8-13-15(16(24)25)14(23)9-19(11,13)18(12)6-3-7-22(10-18)17(20)21-2/h3,7,11-12,14,23H,4-6,8-10H2,1-2H3,(H2,20,21)(H,24,25). The number of aliphatic imine (C=N–C) groups is 1. The molecule has 6 nitrogen and oxygen atoms in total. The van der Waals surface area contributed by atoms with E-state index < -0.39 is 12.1 Å². The molecule has 0 saturated heterocycles. The van der Waals surface area contributed by atoms with Crippen LogP contribution in [0.5, 0.6) is 0 Å². The largest absolute Gasteiger partial charge is 0.478 e. The Balaban J connectivity index is 1.88. The topological polar surface area (TPSA) is 99.1 Å². The van der Waals surface area contributed by atoms with Gasteiger partial charge in [-0.05, 0) is 49.5 Å². The summed E-state index contributed by atoms with van der Waals surface area (Å²) in [5.74, 6) is 0.345. The number of allylic oxidation sites excluding steroid dienone is 2. The van der Waals surface area contributed by atoms with Gasteiger partial charge in [-0.1, -0.05) is 13.0 Å². The summed E-state index contributed by atoms with van der Waals surface area (Å²) in [6, 6.07) is 0. The zero-order chi connectivity index (χ0) is 18.0. The molecule has 0 aromatic carbocycles. The molecule has 136 valence electrons. The molecule has 0 aromatic heterocycles. The maximum atomic E-state index is 11.9. The summed E-state index contributed by atoms with van der Waals surface area (Å²) in [6.45, 7) is 2.99. The van der Waals surface area contributed by atoms with E-state index in [1.54, 1.807) is 7.05 Å². The number of carboxylic acid groups (broad SMARTS) is 1. The third kappa shape index (κ3) is 1.89. The van der Waals surface area contributed by atoms with Crippen LogP contribution in [0.2, 0.25) is 0 Å². The molecule has 1 aliphatic heterocycles. The van der Waals surface area contributed by atoms with Gasteiger partial charge in [-0.3, -0.25) is 4.99 Å². The van der Waals surface area contributed by atoms with Crippen LogP contribution in [0.1, 0.15) is 39.0 Å². The summed E-state index contributed by atoms with van der Waals surface area (Å²) in [5, 5.41) is 20.3. The van der Waals surface area contributed by atoms with E-state index in [4.69, 9.17) is 5.73 Å². The van der Waals surface area contributed by atoms with Gasteiger partial charge in [-0.15, -0.1) is 0 Å². The molecule has 3 aliphatic carbocycles. The van der Waals surface area contributed by atoms with Crippen molar-refractivity contribution >= 4 is 11.9 Å². The molecule has 4 rings (SSSR count). The highest BCUT2D eigenvalue weighted by Crippen LogP contribution is 2.74. The van der Waals surface area contributed by atoms with Gasteiger partial charge in [0, 0.05) is 30.6 Å². The first-order chi connectivity index (χ1) is 11.9. The molecule has 5 unspecified atom stereocenters. The van der Waals surface area contributed by atoms with Gasteiger partial charge >= 0.3 is 5.97 Å². The van der Waals surface area contributed by atoms with Crippen LogP contribution >= 0.6 is 0 Å². The van der Waals surface area contributed by atoms with Gasteiger partial charge in [0.2, 0.25) is 0 Å².